The van der Waals surface area contributed by atoms with Gasteiger partial charge in [0.25, 0.3) is 0 Å². The summed E-state index contributed by atoms with van der Waals surface area (Å²) >= 11 is 0. The van der Waals surface area contributed by atoms with Crippen LogP contribution in [0.15, 0.2) is 54.6 Å². The first-order valence-corrected chi connectivity index (χ1v) is 11.5. The summed E-state index contributed by atoms with van der Waals surface area (Å²) in [6.07, 6.45) is 2.43. The number of nitrogens with one attached hydrogen (secondary N) is 2. The fourth-order valence-corrected chi connectivity index (χ4v) is 4.98. The zero-order valence-corrected chi connectivity index (χ0v) is 18.2. The summed E-state index contributed by atoms with van der Waals surface area (Å²) in [6, 6.07) is 19.8. The molecule has 0 spiro atoms. The van der Waals surface area contributed by atoms with E-state index >= 15 is 0 Å². The normalized spacial score (nSPS) is 24.9. The molecule has 2 fully saturated rings. The molecule has 0 saturated carbocycles. The van der Waals surface area contributed by atoms with Crippen LogP contribution in [0, 0.1) is 6.92 Å². The minimum absolute atomic E-state index is 0.134. The van der Waals surface area contributed by atoms with Crippen LogP contribution >= 0.6 is 0 Å². The topological polar surface area (TPSA) is 61.7 Å². The van der Waals surface area contributed by atoms with E-state index in [4.69, 9.17) is 4.74 Å². The molecule has 162 valence electrons. The van der Waals surface area contributed by atoms with Gasteiger partial charge in [-0.05, 0) is 42.3 Å². The van der Waals surface area contributed by atoms with Gasteiger partial charge in [0.05, 0.1) is 12.6 Å². The predicted molar refractivity (Wildman–Crippen MR) is 117 cm³/mol. The number of nitrogens with zero attached hydrogens (tertiary/aromatic N) is 4. The van der Waals surface area contributed by atoms with Crippen LogP contribution in [-0.2, 0) is 11.3 Å². The van der Waals surface area contributed by atoms with Crippen LogP contribution in [0.1, 0.15) is 35.8 Å². The van der Waals surface area contributed by atoms with Crippen molar-refractivity contribution < 1.29 is 14.5 Å². The van der Waals surface area contributed by atoms with Gasteiger partial charge in [0.15, 0.2) is 6.04 Å². The number of hydrogen-bond donors (Lipinski definition) is 2. The first-order valence-electron chi connectivity index (χ1n) is 11.5. The molecule has 0 radical (unpaired) electrons. The number of para-hydroxylation sites is 1. The third-order valence-electron chi connectivity index (χ3n) is 6.72. The lowest BCUT2D eigenvalue weighted by Crippen LogP contribution is -3.26. The van der Waals surface area contributed by atoms with Crippen molar-refractivity contribution in [2.75, 3.05) is 32.8 Å². The highest BCUT2D eigenvalue weighted by atomic mass is 16.5. The molecule has 3 heterocycles. The zero-order valence-electron chi connectivity index (χ0n) is 18.2. The van der Waals surface area contributed by atoms with Gasteiger partial charge in [0, 0.05) is 12.2 Å². The molecule has 0 bridgehead atoms. The lowest BCUT2D eigenvalue weighted by Gasteiger charge is -2.34. The molecule has 2 N–H and O–H groups in total. The average molecular weight is 421 g/mol. The Morgan fingerprint density at radius 3 is 2.52 bits per heavy atom. The molecule has 7 nitrogen and oxygen atoms in total. The molecular weight excluding hydrogens is 388 g/mol. The highest BCUT2D eigenvalue weighted by Gasteiger charge is 2.36. The van der Waals surface area contributed by atoms with Crippen LogP contribution in [0.2, 0.25) is 0 Å². The third kappa shape index (κ3) is 4.54. The van der Waals surface area contributed by atoms with E-state index in [9.17, 15) is 0 Å². The van der Waals surface area contributed by atoms with E-state index in [1.807, 2.05) is 4.68 Å². The largest absolute Gasteiger partial charge is 0.376 e. The van der Waals surface area contributed by atoms with Crippen molar-refractivity contribution in [2.45, 2.75) is 38.5 Å². The summed E-state index contributed by atoms with van der Waals surface area (Å²) in [5, 5.41) is 13.0. The zero-order chi connectivity index (χ0) is 21.0. The molecule has 2 aliphatic rings. The number of rotatable bonds is 6. The summed E-state index contributed by atoms with van der Waals surface area (Å²) in [5.74, 6) is 0.956. The number of quaternary nitrogens is 2. The van der Waals surface area contributed by atoms with Crippen LogP contribution in [0.3, 0.4) is 0 Å². The van der Waals surface area contributed by atoms with Crippen molar-refractivity contribution in [3.05, 3.63) is 71.5 Å². The Morgan fingerprint density at radius 1 is 1.03 bits per heavy atom. The fourth-order valence-electron chi connectivity index (χ4n) is 4.98. The number of benzene rings is 2. The maximum Gasteiger partial charge on any atom is 0.214 e. The summed E-state index contributed by atoms with van der Waals surface area (Å²) in [6.45, 7) is 8.09. The maximum absolute atomic E-state index is 5.86. The molecule has 2 aromatic carbocycles. The van der Waals surface area contributed by atoms with Crippen molar-refractivity contribution in [3.8, 4) is 0 Å². The SMILES string of the molecule is Cc1ccc([C@@H](c2nnnn2C[C@@H]2CCCO2)[NH+]2CC[NH+](c3ccccc3)CC2)cc1. The maximum atomic E-state index is 5.86. The quantitative estimate of drug-likeness (QED) is 0.605. The third-order valence-corrected chi connectivity index (χ3v) is 6.72. The minimum Gasteiger partial charge on any atom is -0.376 e. The summed E-state index contributed by atoms with van der Waals surface area (Å²) in [7, 11) is 0. The predicted octanol–water partition coefficient (Wildman–Crippen LogP) is 0.365. The van der Waals surface area contributed by atoms with Crippen LogP contribution < -0.4 is 9.80 Å². The Bertz CT molecular complexity index is 959. The van der Waals surface area contributed by atoms with Crippen molar-refractivity contribution in [2.24, 2.45) is 0 Å². The van der Waals surface area contributed by atoms with Gasteiger partial charge in [-0.2, -0.15) is 0 Å². The van der Waals surface area contributed by atoms with Crippen LogP contribution in [0.4, 0.5) is 5.69 Å². The lowest BCUT2D eigenvalue weighted by atomic mass is 10.0. The second-order valence-corrected chi connectivity index (χ2v) is 8.83. The van der Waals surface area contributed by atoms with Gasteiger partial charge in [-0.3, -0.25) is 4.90 Å². The summed E-state index contributed by atoms with van der Waals surface area (Å²) < 4.78 is 7.85. The second kappa shape index (κ2) is 9.26. The molecule has 31 heavy (non-hydrogen) atoms. The van der Waals surface area contributed by atoms with E-state index in [2.05, 4.69) is 77.0 Å². The molecular formula is C24H32N6O+2. The Balaban J connectivity index is 1.40. The Kier molecular flexibility index (Phi) is 6.06. The molecule has 0 unspecified atom stereocenters. The van der Waals surface area contributed by atoms with Crippen molar-refractivity contribution >= 4 is 5.69 Å². The molecule has 2 aliphatic heterocycles. The Labute approximate surface area is 183 Å². The number of hydrogen-bond acceptors (Lipinski definition) is 4. The number of aryl methyl sites for hydroxylation is 1. The van der Waals surface area contributed by atoms with E-state index in [-0.39, 0.29) is 12.1 Å². The molecule has 2 saturated heterocycles. The number of ether oxygens (including phenoxy) is 1. The highest BCUT2D eigenvalue weighted by molar-refractivity contribution is 5.28. The molecule has 0 aliphatic carbocycles. The van der Waals surface area contributed by atoms with Crippen LogP contribution in [0.25, 0.3) is 0 Å². The molecule has 5 rings (SSSR count). The van der Waals surface area contributed by atoms with E-state index in [1.165, 1.54) is 21.7 Å². The molecule has 7 heteroatoms. The monoisotopic (exact) mass is 420 g/mol. The van der Waals surface area contributed by atoms with Crippen molar-refractivity contribution in [1.29, 1.82) is 0 Å². The molecule has 0 amide bonds. The standard InChI is InChI=1S/C24H30N6O/c1-19-9-11-20(12-10-19)23(24-25-26-27-30(24)18-22-8-5-17-31-22)29-15-13-28(14-16-29)21-6-3-2-4-7-21/h2-4,6-7,9-12,22-23H,5,8,13-18H2,1H3/p+2/t22-,23-/m0/s1. The lowest BCUT2D eigenvalue weighted by molar-refractivity contribution is -1.00. The van der Waals surface area contributed by atoms with Gasteiger partial charge in [-0.25, -0.2) is 4.68 Å². The van der Waals surface area contributed by atoms with Gasteiger partial charge in [-0.15, -0.1) is 5.10 Å². The van der Waals surface area contributed by atoms with Gasteiger partial charge in [0.1, 0.15) is 31.9 Å². The van der Waals surface area contributed by atoms with Crippen LogP contribution in [-0.4, -0.2) is 59.1 Å². The van der Waals surface area contributed by atoms with E-state index < -0.39 is 0 Å². The number of aromatic nitrogens is 4. The molecule has 1 aromatic heterocycles. The first-order chi connectivity index (χ1) is 15.3. The molecule has 3 aromatic rings. The molecule has 2 atom stereocenters. The number of tetrazole rings is 1. The Morgan fingerprint density at radius 2 is 1.81 bits per heavy atom. The summed E-state index contributed by atoms with van der Waals surface area (Å²) in [4.78, 5) is 3.10. The van der Waals surface area contributed by atoms with E-state index in [0.29, 0.717) is 0 Å². The van der Waals surface area contributed by atoms with Crippen LogP contribution in [0.5, 0.6) is 0 Å². The van der Waals surface area contributed by atoms with Gasteiger partial charge in [-0.1, -0.05) is 48.0 Å². The average Bonchev–Trinajstić information content (AvgIpc) is 3.49. The summed E-state index contributed by atoms with van der Waals surface area (Å²) in [5.41, 5.74) is 3.94. The van der Waals surface area contributed by atoms with Crippen molar-refractivity contribution in [1.82, 2.24) is 20.2 Å². The first kappa shape index (κ1) is 20.3. The van der Waals surface area contributed by atoms with E-state index in [1.54, 1.807) is 4.90 Å². The van der Waals surface area contributed by atoms with E-state index in [0.717, 1.165) is 58.0 Å². The van der Waals surface area contributed by atoms with Gasteiger partial charge in [0.2, 0.25) is 5.82 Å². The van der Waals surface area contributed by atoms with Gasteiger partial charge >= 0.3 is 0 Å². The number of piperazine rings is 1. The second-order valence-electron chi connectivity index (χ2n) is 8.83. The Hall–Kier alpha value is -2.61. The van der Waals surface area contributed by atoms with Crippen molar-refractivity contribution in [3.63, 3.8) is 0 Å². The van der Waals surface area contributed by atoms with Gasteiger partial charge < -0.3 is 9.64 Å². The minimum atomic E-state index is 0.134. The highest BCUT2D eigenvalue weighted by Crippen LogP contribution is 2.20. The smallest absolute Gasteiger partial charge is 0.214 e. The fraction of sp³-hybridized carbons (Fsp3) is 0.458.